The van der Waals surface area contributed by atoms with Gasteiger partial charge in [-0.3, -0.25) is 10.00 Å². The Labute approximate surface area is 170 Å². The van der Waals surface area contributed by atoms with E-state index in [0.717, 1.165) is 36.2 Å². The van der Waals surface area contributed by atoms with Gasteiger partial charge in [-0.05, 0) is 66.7 Å². The fraction of sp³-hybridized carbons (Fsp3) is 0.348. The molecule has 6 nitrogen and oxygen atoms in total. The van der Waals surface area contributed by atoms with Crippen molar-refractivity contribution >= 4 is 27.5 Å². The van der Waals surface area contributed by atoms with Gasteiger partial charge in [0.1, 0.15) is 0 Å². The average Bonchev–Trinajstić information content (AvgIpc) is 3.35. The number of hydrogen-bond acceptors (Lipinski definition) is 4. The third-order valence-corrected chi connectivity index (χ3v) is 5.90. The molecule has 1 atom stereocenters. The Morgan fingerprint density at radius 3 is 3.03 bits per heavy atom. The molecule has 6 heteroatoms. The number of nitrogens with one attached hydrogen (secondary N) is 2. The molecule has 5 rings (SSSR count). The van der Waals surface area contributed by atoms with Gasteiger partial charge in [0.25, 0.3) is 0 Å². The van der Waals surface area contributed by atoms with E-state index in [9.17, 15) is 5.11 Å². The number of piperidine rings is 1. The molecular weight excluding hydrogens is 362 g/mol. The molecule has 0 amide bonds. The molecule has 3 heterocycles. The topological polar surface area (TPSA) is 69.1 Å². The summed E-state index contributed by atoms with van der Waals surface area (Å²) < 4.78 is 2.11. The highest BCUT2D eigenvalue weighted by Crippen LogP contribution is 2.23. The van der Waals surface area contributed by atoms with Crippen molar-refractivity contribution in [3.63, 3.8) is 0 Å². The quantitative estimate of drug-likeness (QED) is 0.471. The Bertz CT molecular complexity index is 1110. The van der Waals surface area contributed by atoms with Gasteiger partial charge in [0.15, 0.2) is 0 Å². The van der Waals surface area contributed by atoms with Crippen LogP contribution in [0.5, 0.6) is 0 Å². The van der Waals surface area contributed by atoms with E-state index < -0.39 is 0 Å². The summed E-state index contributed by atoms with van der Waals surface area (Å²) >= 11 is 0. The lowest BCUT2D eigenvalue weighted by Crippen LogP contribution is -2.41. The number of rotatable bonds is 6. The maximum atomic E-state index is 9.20. The zero-order chi connectivity index (χ0) is 19.6. The fourth-order valence-corrected chi connectivity index (χ4v) is 4.49. The molecule has 1 saturated heterocycles. The van der Waals surface area contributed by atoms with Crippen molar-refractivity contribution in [3.05, 3.63) is 60.4 Å². The van der Waals surface area contributed by atoms with Crippen LogP contribution in [0, 0.1) is 0 Å². The van der Waals surface area contributed by atoms with Gasteiger partial charge < -0.3 is 15.0 Å². The van der Waals surface area contributed by atoms with Crippen LogP contribution in [0.2, 0.25) is 0 Å². The lowest BCUT2D eigenvalue weighted by atomic mass is 10.0. The van der Waals surface area contributed by atoms with Crippen molar-refractivity contribution in [2.75, 3.05) is 25.0 Å². The second-order valence-electron chi connectivity index (χ2n) is 8.02. The van der Waals surface area contributed by atoms with Crippen LogP contribution in [0.25, 0.3) is 21.8 Å². The minimum atomic E-state index is 0.168. The summed E-state index contributed by atoms with van der Waals surface area (Å²) in [6.07, 6.45) is 6.34. The number of aromatic nitrogens is 3. The Balaban J connectivity index is 1.25. The molecule has 0 bridgehead atoms. The van der Waals surface area contributed by atoms with Crippen molar-refractivity contribution in [1.82, 2.24) is 19.7 Å². The number of fused-ring (bicyclic) bond motifs is 2. The van der Waals surface area contributed by atoms with Crippen LogP contribution < -0.4 is 5.32 Å². The molecule has 0 aliphatic carbocycles. The highest BCUT2D eigenvalue weighted by molar-refractivity contribution is 5.82. The Morgan fingerprint density at radius 1 is 1.14 bits per heavy atom. The predicted octanol–water partition coefficient (Wildman–Crippen LogP) is 3.59. The van der Waals surface area contributed by atoms with E-state index in [2.05, 4.69) is 73.6 Å². The molecule has 0 spiro atoms. The number of aromatic amines is 1. The average molecular weight is 390 g/mol. The van der Waals surface area contributed by atoms with Crippen LogP contribution in [0.1, 0.15) is 18.4 Å². The molecule has 1 aliphatic rings. The van der Waals surface area contributed by atoms with Crippen LogP contribution in [0.3, 0.4) is 0 Å². The minimum absolute atomic E-state index is 0.168. The Morgan fingerprint density at radius 2 is 2.10 bits per heavy atom. The lowest BCUT2D eigenvalue weighted by molar-refractivity contribution is 0.208. The minimum Gasteiger partial charge on any atom is -0.395 e. The largest absolute Gasteiger partial charge is 0.395 e. The first-order chi connectivity index (χ1) is 14.3. The summed E-state index contributed by atoms with van der Waals surface area (Å²) in [6.45, 7) is 3.98. The summed E-state index contributed by atoms with van der Waals surface area (Å²) in [5, 5.41) is 22.4. The molecule has 3 N–H and O–H groups in total. The van der Waals surface area contributed by atoms with Crippen LogP contribution in [0.15, 0.2) is 54.9 Å². The van der Waals surface area contributed by atoms with Gasteiger partial charge in [-0.1, -0.05) is 6.07 Å². The van der Waals surface area contributed by atoms with E-state index in [4.69, 9.17) is 0 Å². The molecule has 0 saturated carbocycles. The number of hydrogen-bond donors (Lipinski definition) is 3. The maximum Gasteiger partial charge on any atom is 0.0651 e. The number of anilines is 1. The lowest BCUT2D eigenvalue weighted by Gasteiger charge is -2.33. The van der Waals surface area contributed by atoms with Crippen molar-refractivity contribution in [3.8, 4) is 0 Å². The zero-order valence-electron chi connectivity index (χ0n) is 16.5. The van der Waals surface area contributed by atoms with E-state index in [-0.39, 0.29) is 6.61 Å². The van der Waals surface area contributed by atoms with E-state index in [1.54, 1.807) is 0 Å². The van der Waals surface area contributed by atoms with Crippen LogP contribution in [-0.4, -0.2) is 50.5 Å². The molecule has 2 aromatic heterocycles. The van der Waals surface area contributed by atoms with Gasteiger partial charge >= 0.3 is 0 Å². The van der Waals surface area contributed by atoms with E-state index in [1.165, 1.54) is 29.3 Å². The summed E-state index contributed by atoms with van der Waals surface area (Å²) in [5.74, 6) is 0. The second kappa shape index (κ2) is 7.89. The molecular formula is C23H27N5O. The van der Waals surface area contributed by atoms with Crippen molar-refractivity contribution < 1.29 is 5.11 Å². The molecule has 4 aromatic rings. The van der Waals surface area contributed by atoms with Gasteiger partial charge in [0.2, 0.25) is 0 Å². The van der Waals surface area contributed by atoms with Gasteiger partial charge in [-0.2, -0.15) is 5.10 Å². The monoisotopic (exact) mass is 389 g/mol. The summed E-state index contributed by atoms with van der Waals surface area (Å²) in [5.41, 5.74) is 4.77. The second-order valence-corrected chi connectivity index (χ2v) is 8.02. The highest BCUT2D eigenvalue weighted by Gasteiger charge is 2.20. The van der Waals surface area contributed by atoms with Gasteiger partial charge in [-0.25, -0.2) is 0 Å². The number of nitrogens with zero attached hydrogens (tertiary/aromatic N) is 3. The number of benzene rings is 2. The normalized spacial score (nSPS) is 17.9. The standard InChI is InChI=1S/C23H27N5O/c29-11-10-28-9-7-18-12-17(3-6-23(18)28)15-27-8-1-2-21(16-27)25-20-4-5-22-19(13-20)14-24-26-22/h3-7,9,12-14,21,25,29H,1-2,8,10-11,15-16H2,(H,24,26)/t21-/m1/s1. The molecule has 150 valence electrons. The van der Waals surface area contributed by atoms with Crippen molar-refractivity contribution in [2.45, 2.75) is 32.0 Å². The number of likely N-dealkylation sites (tertiary alicyclic amines) is 1. The first-order valence-electron chi connectivity index (χ1n) is 10.4. The molecule has 2 aromatic carbocycles. The maximum absolute atomic E-state index is 9.20. The first-order valence-corrected chi connectivity index (χ1v) is 10.4. The van der Waals surface area contributed by atoms with Gasteiger partial charge in [0, 0.05) is 48.5 Å². The van der Waals surface area contributed by atoms with E-state index in [1.807, 2.05) is 6.20 Å². The summed E-state index contributed by atoms with van der Waals surface area (Å²) in [6, 6.07) is 15.7. The van der Waals surface area contributed by atoms with E-state index >= 15 is 0 Å². The van der Waals surface area contributed by atoms with Crippen LogP contribution in [0.4, 0.5) is 5.69 Å². The molecule has 1 aliphatic heterocycles. The van der Waals surface area contributed by atoms with E-state index in [0.29, 0.717) is 12.6 Å². The molecule has 1 fully saturated rings. The molecule has 0 radical (unpaired) electrons. The van der Waals surface area contributed by atoms with Crippen molar-refractivity contribution in [2.24, 2.45) is 0 Å². The molecule has 29 heavy (non-hydrogen) atoms. The number of H-pyrrole nitrogens is 1. The fourth-order valence-electron chi connectivity index (χ4n) is 4.49. The number of aliphatic hydroxyl groups excluding tert-OH is 1. The SMILES string of the molecule is OCCn1ccc2cc(CN3CCC[C@@H](Nc4ccc5[nH]ncc5c4)C3)ccc21. The van der Waals surface area contributed by atoms with Crippen molar-refractivity contribution in [1.29, 1.82) is 0 Å². The van der Waals surface area contributed by atoms with Gasteiger partial charge in [0.05, 0.1) is 18.3 Å². The summed E-state index contributed by atoms with van der Waals surface area (Å²) in [4.78, 5) is 2.55. The molecule has 0 unspecified atom stereocenters. The number of aliphatic hydroxyl groups is 1. The third-order valence-electron chi connectivity index (χ3n) is 5.90. The first kappa shape index (κ1) is 18.2. The highest BCUT2D eigenvalue weighted by atomic mass is 16.3. The predicted molar refractivity (Wildman–Crippen MR) is 117 cm³/mol. The smallest absolute Gasteiger partial charge is 0.0651 e. The third kappa shape index (κ3) is 3.86. The summed E-state index contributed by atoms with van der Waals surface area (Å²) in [7, 11) is 0. The van der Waals surface area contributed by atoms with Crippen LogP contribution in [-0.2, 0) is 13.1 Å². The van der Waals surface area contributed by atoms with Gasteiger partial charge in [-0.15, -0.1) is 0 Å². The zero-order valence-corrected chi connectivity index (χ0v) is 16.5. The van der Waals surface area contributed by atoms with Crippen LogP contribution >= 0.6 is 0 Å². The Kier molecular flexibility index (Phi) is 4.96. The Hall–Kier alpha value is -2.83.